The Balaban J connectivity index is 2.07. The maximum absolute atomic E-state index is 10.4. The van der Waals surface area contributed by atoms with Gasteiger partial charge in [-0.2, -0.15) is 0 Å². The zero-order valence-corrected chi connectivity index (χ0v) is 10.1. The van der Waals surface area contributed by atoms with Gasteiger partial charge >= 0.3 is 5.97 Å². The number of hydrogen-bond donors (Lipinski definition) is 1. The highest BCUT2D eigenvalue weighted by Gasteiger charge is 1.92. The smallest absolute Gasteiger partial charge is 0.328 e. The average Bonchev–Trinajstić information content (AvgIpc) is 2.45. The third kappa shape index (κ3) is 4.20. The van der Waals surface area contributed by atoms with Gasteiger partial charge in [0.25, 0.3) is 0 Å². The molecule has 2 heterocycles. The van der Waals surface area contributed by atoms with Crippen molar-refractivity contribution in [2.45, 2.75) is 0 Å². The first kappa shape index (κ1) is 12.7. The molecule has 2 rings (SSSR count). The van der Waals surface area contributed by atoms with Crippen LogP contribution >= 0.6 is 0 Å². The molecule has 4 nitrogen and oxygen atoms in total. The number of pyridine rings is 2. The first-order valence-electron chi connectivity index (χ1n) is 5.69. The summed E-state index contributed by atoms with van der Waals surface area (Å²) in [7, 11) is 0. The summed E-state index contributed by atoms with van der Waals surface area (Å²) in [5.41, 5.74) is 2.61. The number of aromatic nitrogens is 2. The molecule has 0 radical (unpaired) electrons. The maximum Gasteiger partial charge on any atom is 0.328 e. The average molecular weight is 252 g/mol. The van der Waals surface area contributed by atoms with Crippen LogP contribution in [0.15, 0.2) is 48.9 Å². The Hall–Kier alpha value is -2.75. The van der Waals surface area contributed by atoms with E-state index in [9.17, 15) is 4.79 Å². The topological polar surface area (TPSA) is 63.1 Å². The molecular formula is C15H12N2O2. The van der Waals surface area contributed by atoms with Crippen molar-refractivity contribution in [3.63, 3.8) is 0 Å². The molecule has 0 aromatic carbocycles. The highest BCUT2D eigenvalue weighted by atomic mass is 16.4. The van der Waals surface area contributed by atoms with E-state index in [4.69, 9.17) is 5.11 Å². The third-order valence-corrected chi connectivity index (χ3v) is 2.38. The Morgan fingerprint density at radius 3 is 2.42 bits per heavy atom. The first-order chi connectivity index (χ1) is 9.24. The zero-order chi connectivity index (χ0) is 13.5. The van der Waals surface area contributed by atoms with Crippen LogP contribution in [0.1, 0.15) is 16.8 Å². The van der Waals surface area contributed by atoms with Crippen molar-refractivity contribution < 1.29 is 9.90 Å². The summed E-state index contributed by atoms with van der Waals surface area (Å²) in [5, 5.41) is 8.52. The van der Waals surface area contributed by atoms with Crippen molar-refractivity contribution in [2.24, 2.45) is 0 Å². The van der Waals surface area contributed by atoms with Crippen molar-refractivity contribution in [3.05, 3.63) is 65.8 Å². The van der Waals surface area contributed by atoms with Crippen molar-refractivity contribution in [1.29, 1.82) is 0 Å². The Morgan fingerprint density at radius 2 is 1.79 bits per heavy atom. The van der Waals surface area contributed by atoms with Crippen LogP contribution in [0.2, 0.25) is 0 Å². The first-order valence-corrected chi connectivity index (χ1v) is 5.69. The molecule has 0 saturated carbocycles. The Morgan fingerprint density at radius 1 is 1.00 bits per heavy atom. The lowest BCUT2D eigenvalue weighted by Crippen LogP contribution is -1.86. The van der Waals surface area contributed by atoms with E-state index >= 15 is 0 Å². The number of hydrogen-bond acceptors (Lipinski definition) is 3. The van der Waals surface area contributed by atoms with Gasteiger partial charge in [0.15, 0.2) is 0 Å². The Kier molecular flexibility index (Phi) is 4.18. The maximum atomic E-state index is 10.4. The predicted octanol–water partition coefficient (Wildman–Crippen LogP) is 2.74. The van der Waals surface area contributed by atoms with E-state index in [1.54, 1.807) is 18.6 Å². The summed E-state index contributed by atoms with van der Waals surface area (Å²) in [6.45, 7) is 0. The molecule has 0 aliphatic carbocycles. The predicted molar refractivity (Wildman–Crippen MR) is 74.1 cm³/mol. The van der Waals surface area contributed by atoms with E-state index in [0.717, 1.165) is 22.9 Å². The quantitative estimate of drug-likeness (QED) is 0.850. The summed E-state index contributed by atoms with van der Waals surface area (Å²) in [5.74, 6) is -0.971. The molecule has 0 aliphatic rings. The molecule has 19 heavy (non-hydrogen) atoms. The van der Waals surface area contributed by atoms with Gasteiger partial charge in [-0.25, -0.2) is 4.79 Å². The van der Waals surface area contributed by atoms with Gasteiger partial charge in [0, 0.05) is 24.7 Å². The fraction of sp³-hybridized carbons (Fsp3) is 0. The Bertz CT molecular complexity index is 602. The van der Waals surface area contributed by atoms with E-state index in [0.29, 0.717) is 0 Å². The third-order valence-electron chi connectivity index (χ3n) is 2.38. The van der Waals surface area contributed by atoms with E-state index in [-0.39, 0.29) is 0 Å². The van der Waals surface area contributed by atoms with E-state index < -0.39 is 5.97 Å². The lowest BCUT2D eigenvalue weighted by Gasteiger charge is -1.95. The molecule has 1 N–H and O–H groups in total. The number of carbonyl (C=O) groups is 1. The van der Waals surface area contributed by atoms with Crippen LogP contribution in [0.3, 0.4) is 0 Å². The van der Waals surface area contributed by atoms with Gasteiger partial charge in [0.1, 0.15) is 0 Å². The van der Waals surface area contributed by atoms with Crippen LogP contribution in [-0.2, 0) is 4.79 Å². The van der Waals surface area contributed by atoms with Gasteiger partial charge in [0.2, 0.25) is 0 Å². The highest BCUT2D eigenvalue weighted by molar-refractivity contribution is 5.85. The molecule has 2 aromatic heterocycles. The SMILES string of the molecule is O=C(O)C=Cc1ccc(C=Cc2ccncc2)nc1. The largest absolute Gasteiger partial charge is 0.478 e. The van der Waals surface area contributed by atoms with Crippen LogP contribution in [0, 0.1) is 0 Å². The molecule has 0 bridgehead atoms. The fourth-order valence-electron chi connectivity index (χ4n) is 1.44. The van der Waals surface area contributed by atoms with Crippen molar-refractivity contribution in [1.82, 2.24) is 9.97 Å². The number of carboxylic acid groups (broad SMARTS) is 1. The molecule has 4 heteroatoms. The normalized spacial score (nSPS) is 11.2. The summed E-state index contributed by atoms with van der Waals surface area (Å²) in [6, 6.07) is 7.46. The highest BCUT2D eigenvalue weighted by Crippen LogP contribution is 2.07. The number of rotatable bonds is 4. The van der Waals surface area contributed by atoms with Gasteiger partial charge < -0.3 is 5.11 Å². The van der Waals surface area contributed by atoms with Crippen LogP contribution in [-0.4, -0.2) is 21.0 Å². The van der Waals surface area contributed by atoms with Crippen molar-refractivity contribution in [2.75, 3.05) is 0 Å². The molecule has 0 amide bonds. The second-order valence-corrected chi connectivity index (χ2v) is 3.80. The lowest BCUT2D eigenvalue weighted by molar-refractivity contribution is -0.131. The van der Waals surface area contributed by atoms with Crippen LogP contribution in [0.5, 0.6) is 0 Å². The monoisotopic (exact) mass is 252 g/mol. The van der Waals surface area contributed by atoms with Gasteiger partial charge in [-0.3, -0.25) is 9.97 Å². The molecule has 2 aromatic rings. The molecule has 0 fully saturated rings. The summed E-state index contributed by atoms with van der Waals surface area (Å²) in [4.78, 5) is 18.5. The summed E-state index contributed by atoms with van der Waals surface area (Å²) >= 11 is 0. The fourth-order valence-corrected chi connectivity index (χ4v) is 1.44. The van der Waals surface area contributed by atoms with E-state index in [2.05, 4.69) is 9.97 Å². The van der Waals surface area contributed by atoms with Crippen LogP contribution < -0.4 is 0 Å². The Labute approximate surface area is 110 Å². The van der Waals surface area contributed by atoms with E-state index in [1.165, 1.54) is 6.08 Å². The molecular weight excluding hydrogens is 240 g/mol. The second-order valence-electron chi connectivity index (χ2n) is 3.80. The van der Waals surface area contributed by atoms with Gasteiger partial charge in [-0.15, -0.1) is 0 Å². The van der Waals surface area contributed by atoms with Crippen LogP contribution in [0.25, 0.3) is 18.2 Å². The minimum absolute atomic E-state index is 0.753. The molecule has 0 spiro atoms. The summed E-state index contributed by atoms with van der Waals surface area (Å²) < 4.78 is 0. The number of nitrogens with zero attached hydrogens (tertiary/aromatic N) is 2. The van der Waals surface area contributed by atoms with E-state index in [1.807, 2.05) is 36.4 Å². The van der Waals surface area contributed by atoms with Crippen LogP contribution in [0.4, 0.5) is 0 Å². The van der Waals surface area contributed by atoms with Crippen molar-refractivity contribution >= 4 is 24.2 Å². The molecule has 0 atom stereocenters. The van der Waals surface area contributed by atoms with Gasteiger partial charge in [-0.05, 0) is 41.5 Å². The molecule has 0 unspecified atom stereocenters. The zero-order valence-electron chi connectivity index (χ0n) is 10.1. The molecule has 94 valence electrons. The van der Waals surface area contributed by atoms with Gasteiger partial charge in [-0.1, -0.05) is 12.1 Å². The molecule has 0 saturated heterocycles. The number of aliphatic carboxylic acids is 1. The molecule has 0 aliphatic heterocycles. The summed E-state index contributed by atoms with van der Waals surface area (Å²) in [6.07, 6.45) is 11.5. The van der Waals surface area contributed by atoms with Gasteiger partial charge in [0.05, 0.1) is 5.69 Å². The standard InChI is InChI=1S/C15H12N2O2/c18-15(19)6-3-13-2-5-14(17-11-13)4-1-12-7-9-16-10-8-12/h1-11H,(H,18,19). The second kappa shape index (κ2) is 6.26. The van der Waals surface area contributed by atoms with Crippen molar-refractivity contribution in [3.8, 4) is 0 Å². The lowest BCUT2D eigenvalue weighted by atomic mass is 10.2. The number of carboxylic acids is 1. The minimum Gasteiger partial charge on any atom is -0.478 e. The minimum atomic E-state index is -0.971.